The molecule has 0 bridgehead atoms. The zero-order valence-electron chi connectivity index (χ0n) is 11.3. The second-order valence-electron chi connectivity index (χ2n) is 5.78. The Bertz CT molecular complexity index is 476. The van der Waals surface area contributed by atoms with Crippen LogP contribution in [0.25, 0.3) is 0 Å². The van der Waals surface area contributed by atoms with Crippen molar-refractivity contribution in [1.82, 2.24) is 0 Å². The van der Waals surface area contributed by atoms with Gasteiger partial charge in [-0.2, -0.15) is 0 Å². The van der Waals surface area contributed by atoms with E-state index in [-0.39, 0.29) is 0 Å². The fourth-order valence-electron chi connectivity index (χ4n) is 2.38. The van der Waals surface area contributed by atoms with Crippen molar-refractivity contribution in [2.24, 2.45) is 5.41 Å². The SMILES string of the molecule is CC(C)(Cc1ccc(C2CCOC2)c(Cl)c1)C(=O)O. The Morgan fingerprint density at radius 2 is 2.26 bits per heavy atom. The van der Waals surface area contributed by atoms with E-state index in [0.717, 1.165) is 30.8 Å². The molecule has 1 N–H and O–H groups in total. The number of hydrogen-bond donors (Lipinski definition) is 1. The first kappa shape index (κ1) is 14.4. The Morgan fingerprint density at radius 3 is 2.79 bits per heavy atom. The van der Waals surface area contributed by atoms with Gasteiger partial charge in [-0.05, 0) is 43.9 Å². The number of carbonyl (C=O) groups is 1. The molecule has 0 aromatic heterocycles. The molecule has 3 nitrogen and oxygen atoms in total. The summed E-state index contributed by atoms with van der Waals surface area (Å²) in [5.74, 6) is -0.425. The monoisotopic (exact) mass is 282 g/mol. The summed E-state index contributed by atoms with van der Waals surface area (Å²) in [6, 6.07) is 5.87. The Labute approximate surface area is 118 Å². The van der Waals surface area contributed by atoms with Gasteiger partial charge >= 0.3 is 5.97 Å². The van der Waals surface area contributed by atoms with Crippen molar-refractivity contribution < 1.29 is 14.6 Å². The zero-order valence-corrected chi connectivity index (χ0v) is 12.0. The summed E-state index contributed by atoms with van der Waals surface area (Å²) in [5.41, 5.74) is 1.29. The smallest absolute Gasteiger partial charge is 0.309 e. The Hall–Kier alpha value is -1.06. The topological polar surface area (TPSA) is 46.5 Å². The first-order valence-corrected chi connectivity index (χ1v) is 6.87. The van der Waals surface area contributed by atoms with Crippen molar-refractivity contribution in [2.45, 2.75) is 32.6 Å². The van der Waals surface area contributed by atoms with Gasteiger partial charge in [0.05, 0.1) is 12.0 Å². The summed E-state index contributed by atoms with van der Waals surface area (Å²) in [6.07, 6.45) is 1.48. The van der Waals surface area contributed by atoms with E-state index >= 15 is 0 Å². The minimum Gasteiger partial charge on any atom is -0.481 e. The van der Waals surface area contributed by atoms with Gasteiger partial charge in [0.25, 0.3) is 0 Å². The molecule has 1 heterocycles. The molecule has 1 saturated heterocycles. The number of halogens is 1. The van der Waals surface area contributed by atoms with Crippen LogP contribution in [0.2, 0.25) is 5.02 Å². The first-order chi connectivity index (χ1) is 8.90. The van der Waals surface area contributed by atoms with E-state index in [1.807, 2.05) is 18.2 Å². The number of hydrogen-bond acceptors (Lipinski definition) is 2. The predicted molar refractivity (Wildman–Crippen MR) is 74.7 cm³/mol. The molecule has 1 aromatic carbocycles. The highest BCUT2D eigenvalue weighted by Crippen LogP contribution is 2.33. The van der Waals surface area contributed by atoms with Crippen molar-refractivity contribution >= 4 is 17.6 Å². The van der Waals surface area contributed by atoms with Crippen molar-refractivity contribution in [3.63, 3.8) is 0 Å². The molecule has 0 aliphatic carbocycles. The van der Waals surface area contributed by atoms with Gasteiger partial charge in [-0.3, -0.25) is 4.79 Å². The quantitative estimate of drug-likeness (QED) is 0.919. The van der Waals surface area contributed by atoms with Gasteiger partial charge in [0.1, 0.15) is 0 Å². The third kappa shape index (κ3) is 3.28. The number of carboxylic acid groups (broad SMARTS) is 1. The second-order valence-corrected chi connectivity index (χ2v) is 6.19. The van der Waals surface area contributed by atoms with Crippen LogP contribution in [0, 0.1) is 5.41 Å². The highest BCUT2D eigenvalue weighted by molar-refractivity contribution is 6.31. The largest absolute Gasteiger partial charge is 0.481 e. The maximum Gasteiger partial charge on any atom is 0.309 e. The van der Waals surface area contributed by atoms with Crippen LogP contribution in [0.15, 0.2) is 18.2 Å². The van der Waals surface area contributed by atoms with Crippen LogP contribution in [-0.2, 0) is 16.0 Å². The van der Waals surface area contributed by atoms with E-state index in [9.17, 15) is 4.79 Å². The summed E-state index contributed by atoms with van der Waals surface area (Å²) in [6.45, 7) is 4.96. The highest BCUT2D eigenvalue weighted by Gasteiger charge is 2.28. The van der Waals surface area contributed by atoms with Gasteiger partial charge in [-0.1, -0.05) is 23.7 Å². The molecule has 1 aliphatic heterocycles. The lowest BCUT2D eigenvalue weighted by Gasteiger charge is -2.20. The Morgan fingerprint density at radius 1 is 1.53 bits per heavy atom. The maximum atomic E-state index is 11.1. The Kier molecular flexibility index (Phi) is 4.16. The van der Waals surface area contributed by atoms with Gasteiger partial charge < -0.3 is 9.84 Å². The highest BCUT2D eigenvalue weighted by atomic mass is 35.5. The van der Waals surface area contributed by atoms with Crippen molar-refractivity contribution in [1.29, 1.82) is 0 Å². The molecule has 1 unspecified atom stereocenters. The minimum atomic E-state index is -0.795. The van der Waals surface area contributed by atoms with Crippen molar-refractivity contribution in [2.75, 3.05) is 13.2 Å². The maximum absolute atomic E-state index is 11.1. The Balaban J connectivity index is 2.17. The summed E-state index contributed by atoms with van der Waals surface area (Å²) in [5, 5.41) is 9.87. The number of rotatable bonds is 4. The van der Waals surface area contributed by atoms with Gasteiger partial charge in [0.2, 0.25) is 0 Å². The van der Waals surface area contributed by atoms with Gasteiger partial charge in [-0.25, -0.2) is 0 Å². The van der Waals surface area contributed by atoms with E-state index < -0.39 is 11.4 Å². The number of aliphatic carboxylic acids is 1. The van der Waals surface area contributed by atoms with Crippen LogP contribution >= 0.6 is 11.6 Å². The van der Waals surface area contributed by atoms with Crippen molar-refractivity contribution in [3.05, 3.63) is 34.3 Å². The molecule has 1 atom stereocenters. The van der Waals surface area contributed by atoms with E-state index in [1.54, 1.807) is 13.8 Å². The third-order valence-electron chi connectivity index (χ3n) is 3.66. The molecule has 2 rings (SSSR count). The van der Waals surface area contributed by atoms with Crippen molar-refractivity contribution in [3.8, 4) is 0 Å². The second kappa shape index (κ2) is 5.51. The van der Waals surface area contributed by atoms with Crippen LogP contribution < -0.4 is 0 Å². The zero-order chi connectivity index (χ0) is 14.0. The molecule has 0 saturated carbocycles. The molecular formula is C15H19ClO3. The molecule has 4 heteroatoms. The lowest BCUT2D eigenvalue weighted by molar-refractivity contribution is -0.146. The number of ether oxygens (including phenoxy) is 1. The van der Waals surface area contributed by atoms with Crippen LogP contribution in [0.5, 0.6) is 0 Å². The molecule has 1 aromatic rings. The normalized spacial score (nSPS) is 19.6. The van der Waals surface area contributed by atoms with Gasteiger partial charge in [-0.15, -0.1) is 0 Å². The van der Waals surface area contributed by atoms with E-state index in [4.69, 9.17) is 21.4 Å². The number of benzene rings is 1. The van der Waals surface area contributed by atoms with Gasteiger partial charge in [0.15, 0.2) is 0 Å². The van der Waals surface area contributed by atoms with Crippen LogP contribution in [0.1, 0.15) is 37.3 Å². The molecule has 0 amide bonds. The summed E-state index contributed by atoms with van der Waals surface area (Å²) < 4.78 is 5.37. The lowest BCUT2D eigenvalue weighted by atomic mass is 9.85. The predicted octanol–water partition coefficient (Wildman–Crippen LogP) is 3.50. The lowest BCUT2D eigenvalue weighted by Crippen LogP contribution is -2.26. The molecule has 104 valence electrons. The summed E-state index contributed by atoms with van der Waals surface area (Å²) in [4.78, 5) is 11.1. The molecule has 0 spiro atoms. The van der Waals surface area contributed by atoms with Crippen LogP contribution in [0.3, 0.4) is 0 Å². The van der Waals surface area contributed by atoms with Crippen LogP contribution in [-0.4, -0.2) is 24.3 Å². The number of carboxylic acids is 1. The summed E-state index contributed by atoms with van der Waals surface area (Å²) in [7, 11) is 0. The summed E-state index contributed by atoms with van der Waals surface area (Å²) >= 11 is 6.31. The third-order valence-corrected chi connectivity index (χ3v) is 3.99. The minimum absolute atomic E-state index is 0.369. The molecular weight excluding hydrogens is 264 g/mol. The molecule has 19 heavy (non-hydrogen) atoms. The molecule has 0 radical (unpaired) electrons. The molecule has 1 fully saturated rings. The van der Waals surface area contributed by atoms with E-state index in [1.165, 1.54) is 0 Å². The van der Waals surface area contributed by atoms with E-state index in [0.29, 0.717) is 17.4 Å². The van der Waals surface area contributed by atoms with Gasteiger partial charge in [0, 0.05) is 17.5 Å². The van der Waals surface area contributed by atoms with Crippen LogP contribution in [0.4, 0.5) is 0 Å². The average molecular weight is 283 g/mol. The molecule has 1 aliphatic rings. The average Bonchev–Trinajstić information content (AvgIpc) is 2.81. The first-order valence-electron chi connectivity index (χ1n) is 6.49. The fourth-order valence-corrected chi connectivity index (χ4v) is 2.73. The van der Waals surface area contributed by atoms with E-state index in [2.05, 4.69) is 0 Å². The fraction of sp³-hybridized carbons (Fsp3) is 0.533. The standard InChI is InChI=1S/C15H19ClO3/c1-15(2,14(17)18)8-10-3-4-12(13(16)7-10)11-5-6-19-9-11/h3-4,7,11H,5-6,8-9H2,1-2H3,(H,17,18).